The van der Waals surface area contributed by atoms with Crippen LogP contribution in [0.15, 0.2) is 46.9 Å². The summed E-state index contributed by atoms with van der Waals surface area (Å²) in [5.74, 6) is -0.0965. The van der Waals surface area contributed by atoms with Crippen molar-refractivity contribution in [1.82, 2.24) is 5.43 Å². The number of amides is 1. The number of hydrogen-bond donors (Lipinski definition) is 1. The summed E-state index contributed by atoms with van der Waals surface area (Å²) >= 11 is 1.57. The minimum absolute atomic E-state index is 0.0965. The van der Waals surface area contributed by atoms with Crippen LogP contribution in [0, 0.1) is 6.92 Å². The average Bonchev–Trinajstić information content (AvgIpc) is 2.84. The Kier molecular flexibility index (Phi) is 4.25. The van der Waals surface area contributed by atoms with Crippen molar-refractivity contribution >= 4 is 23.5 Å². The van der Waals surface area contributed by atoms with Crippen molar-refractivity contribution in [1.29, 1.82) is 0 Å². The van der Waals surface area contributed by atoms with Crippen molar-refractivity contribution in [2.24, 2.45) is 5.10 Å². The van der Waals surface area contributed by atoms with E-state index >= 15 is 0 Å². The van der Waals surface area contributed by atoms with Crippen molar-refractivity contribution in [2.45, 2.75) is 13.3 Å². The molecular formula is C14H14N2OS. The molecule has 0 fully saturated rings. The monoisotopic (exact) mass is 258 g/mol. The van der Waals surface area contributed by atoms with Gasteiger partial charge in [-0.2, -0.15) is 5.10 Å². The Morgan fingerprint density at radius 3 is 2.78 bits per heavy atom. The molecule has 1 N–H and O–H groups in total. The van der Waals surface area contributed by atoms with Crippen molar-refractivity contribution in [3.8, 4) is 0 Å². The molecule has 92 valence electrons. The molecule has 3 nitrogen and oxygen atoms in total. The van der Waals surface area contributed by atoms with Gasteiger partial charge >= 0.3 is 0 Å². The average molecular weight is 258 g/mol. The first-order valence-electron chi connectivity index (χ1n) is 5.65. The Labute approximate surface area is 110 Å². The standard InChI is InChI=1S/C14H14N2OS/c1-11-4-6-12(7-5-11)10-15-16-14(17)9-13-3-2-8-18-13/h2-8,10H,9H2,1H3,(H,16,17)/b15-10+. The molecule has 2 aromatic rings. The number of nitrogens with one attached hydrogen (secondary N) is 1. The van der Waals surface area contributed by atoms with Crippen LogP contribution in [-0.4, -0.2) is 12.1 Å². The highest BCUT2D eigenvalue weighted by Crippen LogP contribution is 2.08. The molecule has 2 rings (SSSR count). The van der Waals surface area contributed by atoms with E-state index in [1.54, 1.807) is 17.6 Å². The molecule has 0 radical (unpaired) electrons. The number of hydrazone groups is 1. The summed E-state index contributed by atoms with van der Waals surface area (Å²) in [6.07, 6.45) is 2.02. The smallest absolute Gasteiger partial charge is 0.245 e. The van der Waals surface area contributed by atoms with Crippen LogP contribution in [-0.2, 0) is 11.2 Å². The van der Waals surface area contributed by atoms with Gasteiger partial charge in [-0.05, 0) is 23.9 Å². The van der Waals surface area contributed by atoms with E-state index < -0.39 is 0 Å². The molecule has 0 aliphatic heterocycles. The van der Waals surface area contributed by atoms with Gasteiger partial charge in [-0.3, -0.25) is 4.79 Å². The summed E-state index contributed by atoms with van der Waals surface area (Å²) in [5, 5.41) is 5.89. The molecule has 0 aliphatic carbocycles. The summed E-state index contributed by atoms with van der Waals surface area (Å²) in [7, 11) is 0. The molecule has 1 heterocycles. The highest BCUT2D eigenvalue weighted by molar-refractivity contribution is 7.10. The van der Waals surface area contributed by atoms with Crippen molar-refractivity contribution in [2.75, 3.05) is 0 Å². The molecule has 0 unspecified atom stereocenters. The molecule has 0 bridgehead atoms. The fourth-order valence-electron chi connectivity index (χ4n) is 1.44. The predicted molar refractivity (Wildman–Crippen MR) is 74.9 cm³/mol. The van der Waals surface area contributed by atoms with Crippen molar-refractivity contribution in [3.05, 3.63) is 57.8 Å². The topological polar surface area (TPSA) is 41.5 Å². The van der Waals surface area contributed by atoms with Gasteiger partial charge in [-0.25, -0.2) is 5.43 Å². The van der Waals surface area contributed by atoms with E-state index in [9.17, 15) is 4.79 Å². The van der Waals surface area contributed by atoms with Gasteiger partial charge in [0.1, 0.15) is 0 Å². The summed E-state index contributed by atoms with van der Waals surface area (Å²) in [4.78, 5) is 12.6. The summed E-state index contributed by atoms with van der Waals surface area (Å²) in [6.45, 7) is 2.03. The zero-order valence-electron chi connectivity index (χ0n) is 10.1. The maximum absolute atomic E-state index is 11.5. The fraction of sp³-hybridized carbons (Fsp3) is 0.143. The third-order valence-corrected chi connectivity index (χ3v) is 3.27. The SMILES string of the molecule is Cc1ccc(/C=N/NC(=O)Cc2cccs2)cc1. The highest BCUT2D eigenvalue weighted by Gasteiger charge is 2.01. The number of carbonyl (C=O) groups excluding carboxylic acids is 1. The lowest BCUT2D eigenvalue weighted by atomic mass is 10.2. The van der Waals surface area contributed by atoms with Gasteiger partial charge in [0.05, 0.1) is 12.6 Å². The van der Waals surface area contributed by atoms with Gasteiger partial charge < -0.3 is 0 Å². The summed E-state index contributed by atoms with van der Waals surface area (Å²) in [5.41, 5.74) is 4.69. The predicted octanol–water partition coefficient (Wildman–Crippen LogP) is 2.75. The van der Waals surface area contributed by atoms with Crippen LogP contribution in [0.5, 0.6) is 0 Å². The lowest BCUT2D eigenvalue weighted by Gasteiger charge is -1.97. The van der Waals surface area contributed by atoms with E-state index in [1.165, 1.54) is 5.56 Å². The summed E-state index contributed by atoms with van der Waals surface area (Å²) in [6, 6.07) is 11.8. The van der Waals surface area contributed by atoms with Gasteiger partial charge in [0.2, 0.25) is 5.91 Å². The quantitative estimate of drug-likeness (QED) is 0.665. The number of hydrogen-bond acceptors (Lipinski definition) is 3. The van der Waals surface area contributed by atoms with Crippen LogP contribution < -0.4 is 5.43 Å². The third-order valence-electron chi connectivity index (χ3n) is 2.40. The molecule has 0 saturated carbocycles. The molecule has 0 aliphatic rings. The number of carbonyl (C=O) groups is 1. The van der Waals surface area contributed by atoms with Gasteiger partial charge in [-0.15, -0.1) is 11.3 Å². The van der Waals surface area contributed by atoms with Gasteiger partial charge in [0.15, 0.2) is 0 Å². The van der Waals surface area contributed by atoms with Crippen LogP contribution in [0.4, 0.5) is 0 Å². The van der Waals surface area contributed by atoms with Crippen molar-refractivity contribution in [3.63, 3.8) is 0 Å². The van der Waals surface area contributed by atoms with Gasteiger partial charge in [0, 0.05) is 4.88 Å². The molecule has 4 heteroatoms. The zero-order valence-corrected chi connectivity index (χ0v) is 10.9. The molecule has 18 heavy (non-hydrogen) atoms. The minimum atomic E-state index is -0.0965. The van der Waals surface area contributed by atoms with Gasteiger partial charge in [-0.1, -0.05) is 35.9 Å². The Balaban J connectivity index is 1.84. The molecule has 0 saturated heterocycles. The number of thiophene rings is 1. The minimum Gasteiger partial charge on any atom is -0.273 e. The normalized spacial score (nSPS) is 10.7. The van der Waals surface area contributed by atoms with E-state index in [0.717, 1.165) is 10.4 Å². The third kappa shape index (κ3) is 3.82. The Bertz CT molecular complexity index is 529. The first-order chi connectivity index (χ1) is 8.74. The maximum Gasteiger partial charge on any atom is 0.245 e. The highest BCUT2D eigenvalue weighted by atomic mass is 32.1. The first-order valence-corrected chi connectivity index (χ1v) is 6.53. The van der Waals surface area contributed by atoms with E-state index in [0.29, 0.717) is 6.42 Å². The number of benzene rings is 1. The lowest BCUT2D eigenvalue weighted by Crippen LogP contribution is -2.19. The number of nitrogens with zero attached hydrogens (tertiary/aromatic N) is 1. The first kappa shape index (κ1) is 12.5. The van der Waals surface area contributed by atoms with Gasteiger partial charge in [0.25, 0.3) is 0 Å². The molecule has 0 spiro atoms. The maximum atomic E-state index is 11.5. The largest absolute Gasteiger partial charge is 0.273 e. The van der Waals surface area contributed by atoms with Crippen LogP contribution in [0.3, 0.4) is 0 Å². The fourth-order valence-corrected chi connectivity index (χ4v) is 2.15. The number of rotatable bonds is 4. The van der Waals surface area contributed by atoms with Crippen LogP contribution in [0.25, 0.3) is 0 Å². The Morgan fingerprint density at radius 2 is 2.11 bits per heavy atom. The molecule has 1 aromatic heterocycles. The zero-order chi connectivity index (χ0) is 12.8. The molecule has 0 atom stereocenters. The molecule has 1 amide bonds. The van der Waals surface area contributed by atoms with Crippen LogP contribution >= 0.6 is 11.3 Å². The van der Waals surface area contributed by atoms with Crippen LogP contribution in [0.1, 0.15) is 16.0 Å². The van der Waals surface area contributed by atoms with Crippen LogP contribution in [0.2, 0.25) is 0 Å². The van der Waals surface area contributed by atoms with E-state index in [2.05, 4.69) is 10.5 Å². The second-order valence-corrected chi connectivity index (χ2v) is 4.99. The van der Waals surface area contributed by atoms with E-state index in [1.807, 2.05) is 48.7 Å². The number of aryl methyl sites for hydroxylation is 1. The Morgan fingerprint density at radius 1 is 1.33 bits per heavy atom. The second kappa shape index (κ2) is 6.12. The lowest BCUT2D eigenvalue weighted by molar-refractivity contribution is -0.120. The Hall–Kier alpha value is -1.94. The van der Waals surface area contributed by atoms with E-state index in [-0.39, 0.29) is 5.91 Å². The second-order valence-electron chi connectivity index (χ2n) is 3.96. The van der Waals surface area contributed by atoms with Crippen molar-refractivity contribution < 1.29 is 4.79 Å². The molecular weight excluding hydrogens is 244 g/mol. The summed E-state index contributed by atoms with van der Waals surface area (Å²) < 4.78 is 0. The van der Waals surface area contributed by atoms with E-state index in [4.69, 9.17) is 0 Å². The molecule has 1 aromatic carbocycles.